The van der Waals surface area contributed by atoms with Crippen LogP contribution >= 0.6 is 0 Å². The molecular weight excluding hydrogens is 594 g/mol. The summed E-state index contributed by atoms with van der Waals surface area (Å²) in [5.41, 5.74) is 3.72. The highest BCUT2D eigenvalue weighted by atomic mass is 16.5. The number of aromatic nitrogens is 2. The third-order valence-corrected chi connectivity index (χ3v) is 9.90. The molecule has 2 N–H and O–H groups in total. The van der Waals surface area contributed by atoms with Gasteiger partial charge in [-0.25, -0.2) is 4.98 Å². The van der Waals surface area contributed by atoms with Gasteiger partial charge in [0.15, 0.2) is 11.5 Å². The summed E-state index contributed by atoms with van der Waals surface area (Å²) in [6.07, 6.45) is 3.95. The highest BCUT2D eigenvalue weighted by molar-refractivity contribution is 5.96. The summed E-state index contributed by atoms with van der Waals surface area (Å²) in [6.45, 7) is 8.45. The maximum absolute atomic E-state index is 13.8. The number of nitrogens with zero attached hydrogens (tertiary/aromatic N) is 4. The number of ether oxygens (including phenoxy) is 3. The lowest BCUT2D eigenvalue weighted by molar-refractivity contribution is 0.0779. The van der Waals surface area contributed by atoms with Crippen molar-refractivity contribution in [3.05, 3.63) is 77.9 Å². The zero-order valence-corrected chi connectivity index (χ0v) is 27.8. The van der Waals surface area contributed by atoms with Crippen molar-refractivity contribution < 1.29 is 24.1 Å². The number of phenols is 1. The number of para-hydroxylation sites is 2. The van der Waals surface area contributed by atoms with Crippen LogP contribution in [0.3, 0.4) is 0 Å². The Bertz CT molecular complexity index is 1630. The largest absolute Gasteiger partial charge is 0.502 e. The Kier molecular flexibility index (Phi) is 10.2. The molecule has 47 heavy (non-hydrogen) atoms. The number of likely N-dealkylation sites (tertiary alicyclic amines) is 2. The van der Waals surface area contributed by atoms with E-state index in [0.717, 1.165) is 68.8 Å². The van der Waals surface area contributed by atoms with Crippen LogP contribution in [-0.2, 0) is 16.7 Å². The number of hydrogen-bond donors (Lipinski definition) is 2. The molecule has 2 fully saturated rings. The van der Waals surface area contributed by atoms with Gasteiger partial charge in [-0.3, -0.25) is 4.79 Å². The third kappa shape index (κ3) is 7.04. The number of carbonyl (C=O) groups excluding carboxylic acids is 1. The van der Waals surface area contributed by atoms with E-state index in [-0.39, 0.29) is 28.6 Å². The van der Waals surface area contributed by atoms with Gasteiger partial charge in [0.1, 0.15) is 0 Å². The van der Waals surface area contributed by atoms with Crippen molar-refractivity contribution in [3.8, 4) is 17.2 Å². The van der Waals surface area contributed by atoms with Crippen LogP contribution in [0.4, 0.5) is 5.95 Å². The molecule has 2 aliphatic heterocycles. The lowest BCUT2D eigenvalue weighted by Crippen LogP contribution is -2.42. The van der Waals surface area contributed by atoms with Crippen molar-refractivity contribution in [1.29, 1.82) is 0 Å². The first-order valence-electron chi connectivity index (χ1n) is 16.8. The van der Waals surface area contributed by atoms with E-state index < -0.39 is 0 Å². The Balaban J connectivity index is 1.10. The van der Waals surface area contributed by atoms with Gasteiger partial charge in [0, 0.05) is 56.4 Å². The van der Waals surface area contributed by atoms with Crippen LogP contribution in [0.25, 0.3) is 11.0 Å². The van der Waals surface area contributed by atoms with Gasteiger partial charge in [0.05, 0.1) is 31.9 Å². The molecule has 3 aromatic carbocycles. The number of fused-ring (bicyclic) bond motifs is 1. The molecule has 0 radical (unpaired) electrons. The van der Waals surface area contributed by atoms with E-state index in [1.807, 2.05) is 24.0 Å². The Labute approximate surface area is 277 Å². The number of piperidine rings is 1. The fraction of sp³-hybridized carbons (Fsp3) is 0.459. The molecule has 10 nitrogen and oxygen atoms in total. The first-order chi connectivity index (χ1) is 22.9. The van der Waals surface area contributed by atoms with Crippen LogP contribution in [-0.4, -0.2) is 96.6 Å². The number of methoxy groups -OCH3 is 2. The van der Waals surface area contributed by atoms with Crippen molar-refractivity contribution in [1.82, 2.24) is 19.4 Å². The Morgan fingerprint density at radius 1 is 0.979 bits per heavy atom. The van der Waals surface area contributed by atoms with Crippen LogP contribution in [0, 0.1) is 0 Å². The molecule has 1 aromatic heterocycles. The minimum atomic E-state index is -0.136. The smallest absolute Gasteiger partial charge is 0.254 e. The van der Waals surface area contributed by atoms with Gasteiger partial charge in [-0.15, -0.1) is 0 Å². The molecule has 0 saturated carbocycles. The molecule has 1 amide bonds. The topological polar surface area (TPSA) is 101 Å². The molecule has 0 bridgehead atoms. The SMILES string of the molecule is CCOCCn1c(NC2CCN(CCC3(c4ccccc4)CCN(C(=O)c4cc(OC)c(O)c(OC)c4)C3)CC2)nc2ccccc21. The van der Waals surface area contributed by atoms with Crippen LogP contribution in [0.1, 0.15) is 48.5 Å². The molecular formula is C37H47N5O5. The molecule has 3 heterocycles. The van der Waals surface area contributed by atoms with Gasteiger partial charge in [-0.05, 0) is 69.0 Å². The first kappa shape index (κ1) is 32.7. The molecule has 2 saturated heterocycles. The standard InChI is InChI=1S/C37H47N5O5/c1-4-47-23-22-42-31-13-9-8-12-30(31)39-36(42)38-29-14-18-40(19-15-29)20-16-37(28-10-6-5-7-11-28)17-21-41(26-37)35(44)27-24-32(45-2)34(43)33(25-27)46-3/h5-13,24-25,29,43H,4,14-23,26H2,1-3H3,(H,38,39). The first-order valence-corrected chi connectivity index (χ1v) is 16.8. The average Bonchev–Trinajstić information content (AvgIpc) is 3.70. The van der Waals surface area contributed by atoms with E-state index in [0.29, 0.717) is 37.9 Å². The summed E-state index contributed by atoms with van der Waals surface area (Å²) >= 11 is 0. The van der Waals surface area contributed by atoms with Gasteiger partial charge in [-0.2, -0.15) is 0 Å². The van der Waals surface area contributed by atoms with E-state index >= 15 is 0 Å². The summed E-state index contributed by atoms with van der Waals surface area (Å²) in [5, 5.41) is 14.1. The number of imidazole rings is 1. The highest BCUT2D eigenvalue weighted by Crippen LogP contribution is 2.41. The molecule has 0 spiro atoms. The van der Waals surface area contributed by atoms with Crippen molar-refractivity contribution in [3.63, 3.8) is 0 Å². The summed E-state index contributed by atoms with van der Waals surface area (Å²) in [4.78, 5) is 23.2. The van der Waals surface area contributed by atoms with Crippen LogP contribution < -0.4 is 14.8 Å². The van der Waals surface area contributed by atoms with Crippen LogP contribution in [0.15, 0.2) is 66.7 Å². The predicted octanol–water partition coefficient (Wildman–Crippen LogP) is 5.55. The van der Waals surface area contributed by atoms with Gasteiger partial charge < -0.3 is 39.0 Å². The number of benzene rings is 3. The summed E-state index contributed by atoms with van der Waals surface area (Å²) in [5.74, 6) is 1.18. The molecule has 1 atom stereocenters. The average molecular weight is 642 g/mol. The van der Waals surface area contributed by atoms with Gasteiger partial charge >= 0.3 is 0 Å². The Morgan fingerprint density at radius 3 is 2.38 bits per heavy atom. The second-order valence-electron chi connectivity index (χ2n) is 12.6. The van der Waals surface area contributed by atoms with Gasteiger partial charge in [-0.1, -0.05) is 42.5 Å². The van der Waals surface area contributed by atoms with Crippen molar-refractivity contribution in [2.24, 2.45) is 0 Å². The molecule has 250 valence electrons. The van der Waals surface area contributed by atoms with E-state index in [4.69, 9.17) is 19.2 Å². The summed E-state index contributed by atoms with van der Waals surface area (Å²) in [6, 6.07) is 22.5. The van der Waals surface area contributed by atoms with Gasteiger partial charge in [0.2, 0.25) is 11.7 Å². The molecule has 4 aromatic rings. The second kappa shape index (κ2) is 14.6. The molecule has 2 aliphatic rings. The zero-order chi connectivity index (χ0) is 32.8. The van der Waals surface area contributed by atoms with E-state index in [1.165, 1.54) is 19.8 Å². The number of phenolic OH excluding ortho intramolecular Hbond substituents is 1. The monoisotopic (exact) mass is 641 g/mol. The third-order valence-electron chi connectivity index (χ3n) is 9.90. The fourth-order valence-electron chi connectivity index (χ4n) is 7.19. The van der Waals surface area contributed by atoms with E-state index in [2.05, 4.69) is 57.2 Å². The number of anilines is 1. The van der Waals surface area contributed by atoms with Crippen LogP contribution in [0.5, 0.6) is 17.2 Å². The lowest BCUT2D eigenvalue weighted by Gasteiger charge is -2.36. The number of aromatic hydroxyl groups is 1. The van der Waals surface area contributed by atoms with E-state index in [1.54, 1.807) is 12.1 Å². The van der Waals surface area contributed by atoms with Gasteiger partial charge in [0.25, 0.3) is 5.91 Å². The molecule has 10 heteroatoms. The van der Waals surface area contributed by atoms with E-state index in [9.17, 15) is 9.90 Å². The van der Waals surface area contributed by atoms with Crippen LogP contribution in [0.2, 0.25) is 0 Å². The molecule has 0 aliphatic carbocycles. The lowest BCUT2D eigenvalue weighted by atomic mass is 9.76. The normalized spacial score (nSPS) is 18.9. The second-order valence-corrected chi connectivity index (χ2v) is 12.6. The maximum atomic E-state index is 13.8. The Morgan fingerprint density at radius 2 is 1.68 bits per heavy atom. The Hall–Kier alpha value is -4.28. The predicted molar refractivity (Wildman–Crippen MR) is 184 cm³/mol. The van der Waals surface area contributed by atoms with Crippen molar-refractivity contribution in [2.45, 2.75) is 50.6 Å². The zero-order valence-electron chi connectivity index (χ0n) is 27.8. The quantitative estimate of drug-likeness (QED) is 0.184. The molecule has 6 rings (SSSR count). The van der Waals surface area contributed by atoms with Crippen molar-refractivity contribution in [2.75, 3.05) is 65.5 Å². The number of nitrogens with one attached hydrogen (secondary N) is 1. The minimum Gasteiger partial charge on any atom is -0.502 e. The number of hydrogen-bond acceptors (Lipinski definition) is 8. The number of rotatable bonds is 13. The summed E-state index contributed by atoms with van der Waals surface area (Å²) < 4.78 is 18.5. The highest BCUT2D eigenvalue weighted by Gasteiger charge is 2.42. The molecule has 1 unspecified atom stereocenters. The summed E-state index contributed by atoms with van der Waals surface area (Å²) in [7, 11) is 2.94. The fourth-order valence-corrected chi connectivity index (χ4v) is 7.19. The number of carbonyl (C=O) groups is 1. The minimum absolute atomic E-state index is 0.0847. The number of amides is 1. The van der Waals surface area contributed by atoms with Crippen molar-refractivity contribution >= 4 is 22.9 Å². The maximum Gasteiger partial charge on any atom is 0.254 e.